The largest absolute Gasteiger partial charge is 0.472 e. The van der Waals surface area contributed by atoms with Crippen molar-refractivity contribution in [2.45, 2.75) is 12.9 Å². The molecule has 0 aromatic carbocycles. The lowest BCUT2D eigenvalue weighted by Crippen LogP contribution is -2.59. The highest BCUT2D eigenvalue weighted by Crippen LogP contribution is 2.18. The fourth-order valence-corrected chi connectivity index (χ4v) is 1.69. The summed E-state index contributed by atoms with van der Waals surface area (Å²) in [4.78, 5) is 6.05. The van der Waals surface area contributed by atoms with E-state index in [2.05, 4.69) is 20.9 Å². The van der Waals surface area contributed by atoms with Crippen molar-refractivity contribution in [1.29, 1.82) is 0 Å². The highest BCUT2D eigenvalue weighted by atomic mass is 79.9. The van der Waals surface area contributed by atoms with E-state index in [0.29, 0.717) is 5.88 Å². The van der Waals surface area contributed by atoms with Crippen LogP contribution in [-0.4, -0.2) is 41.1 Å². The van der Waals surface area contributed by atoms with Crippen molar-refractivity contribution in [1.82, 2.24) is 9.79 Å². The quantitative estimate of drug-likeness (QED) is 0.833. The van der Waals surface area contributed by atoms with Crippen LogP contribution in [0.15, 0.2) is 22.8 Å². The van der Waals surface area contributed by atoms with Crippen LogP contribution in [0, 0.1) is 0 Å². The number of hydrogen-bond donors (Lipinski definition) is 1. The number of aromatic nitrogens is 1. The van der Waals surface area contributed by atoms with E-state index in [9.17, 15) is 5.02 Å². The van der Waals surface area contributed by atoms with E-state index < -0.39 is 0 Å². The van der Waals surface area contributed by atoms with Crippen LogP contribution in [0.1, 0.15) is 0 Å². The van der Waals surface area contributed by atoms with E-state index >= 15 is 0 Å². The van der Waals surface area contributed by atoms with Crippen LogP contribution >= 0.6 is 15.9 Å². The average molecular weight is 271 g/mol. The molecule has 0 unspecified atom stereocenters. The predicted octanol–water partition coefficient (Wildman–Crippen LogP) is 1.02. The Kier molecular flexibility index (Phi) is 3.28. The van der Waals surface area contributed by atoms with Gasteiger partial charge in [0.25, 0.3) is 0 Å². The van der Waals surface area contributed by atoms with Gasteiger partial charge in [-0.2, -0.15) is 0 Å². The summed E-state index contributed by atoms with van der Waals surface area (Å²) in [5.41, 5.74) is 0. The Hall–Kier alpha value is -0.585. The zero-order valence-electron chi connectivity index (χ0n) is 8.43. The zero-order valence-corrected chi connectivity index (χ0v) is 10.0. The second-order valence-electron chi connectivity index (χ2n) is 3.64. The smallest absolute Gasteiger partial charge is 0.376 e. The Bertz CT molecular complexity index is 327. The molecule has 2 heterocycles. The second-order valence-corrected chi connectivity index (χ2v) is 4.56. The summed E-state index contributed by atoms with van der Waals surface area (Å²) in [5, 5.41) is 9.24. The van der Waals surface area contributed by atoms with Crippen molar-refractivity contribution < 1.29 is 9.76 Å². The van der Waals surface area contributed by atoms with Crippen molar-refractivity contribution in [3.8, 4) is 5.88 Å². The van der Waals surface area contributed by atoms with Gasteiger partial charge >= 0.3 is 7.05 Å². The molecule has 2 rings (SSSR count). The highest BCUT2D eigenvalue weighted by molar-refractivity contribution is 9.10. The van der Waals surface area contributed by atoms with Gasteiger partial charge in [0.15, 0.2) is 0 Å². The van der Waals surface area contributed by atoms with Crippen LogP contribution in [0.2, 0.25) is 6.82 Å². The van der Waals surface area contributed by atoms with Gasteiger partial charge in [-0.1, -0.05) is 0 Å². The molecule has 1 aromatic heterocycles. The number of rotatable bonds is 3. The van der Waals surface area contributed by atoms with Gasteiger partial charge in [0.2, 0.25) is 5.88 Å². The van der Waals surface area contributed by atoms with Gasteiger partial charge in [-0.05, 0) is 28.8 Å². The molecule has 0 atom stereocenters. The third-order valence-electron chi connectivity index (χ3n) is 2.39. The lowest BCUT2D eigenvalue weighted by molar-refractivity contribution is 0.0602. The van der Waals surface area contributed by atoms with Crippen molar-refractivity contribution in [2.24, 2.45) is 0 Å². The molecule has 0 saturated carbocycles. The van der Waals surface area contributed by atoms with Crippen LogP contribution < -0.4 is 4.74 Å². The molecule has 0 bridgehead atoms. The van der Waals surface area contributed by atoms with E-state index in [-0.39, 0.29) is 13.2 Å². The van der Waals surface area contributed by atoms with Crippen LogP contribution in [0.25, 0.3) is 0 Å². The molecular formula is C9H12BBrN2O2. The molecular weight excluding hydrogens is 259 g/mol. The minimum Gasteiger partial charge on any atom is -0.472 e. The minimum atomic E-state index is -0.386. The summed E-state index contributed by atoms with van der Waals surface area (Å²) in [6.07, 6.45) is 1.86. The molecule has 80 valence electrons. The normalized spacial score (nSPS) is 17.3. The van der Waals surface area contributed by atoms with Gasteiger partial charge in [0.1, 0.15) is 6.10 Å². The standard InChI is InChI=1S/C9H12BBrN2O2/c1-10(14)13-5-8(6-13)15-9-3-2-7(11)4-12-9/h2-4,8,14H,5-6H2,1H3. The molecule has 15 heavy (non-hydrogen) atoms. The van der Waals surface area contributed by atoms with Crippen molar-refractivity contribution in [3.63, 3.8) is 0 Å². The Labute approximate surface area is 97.5 Å². The van der Waals surface area contributed by atoms with Gasteiger partial charge in [0, 0.05) is 29.8 Å². The summed E-state index contributed by atoms with van der Waals surface area (Å²) in [7, 11) is -0.386. The number of ether oxygens (including phenoxy) is 1. The summed E-state index contributed by atoms with van der Waals surface area (Å²) in [5.74, 6) is 0.633. The topological polar surface area (TPSA) is 45.6 Å². The number of pyridine rings is 1. The lowest BCUT2D eigenvalue weighted by atomic mass is 9.81. The van der Waals surface area contributed by atoms with E-state index in [1.165, 1.54) is 0 Å². The molecule has 1 aromatic rings. The molecule has 1 aliphatic heterocycles. The first-order chi connectivity index (χ1) is 7.15. The van der Waals surface area contributed by atoms with E-state index in [1.807, 2.05) is 16.9 Å². The number of nitrogens with zero attached hydrogens (tertiary/aromatic N) is 2. The second kappa shape index (κ2) is 4.51. The maximum absolute atomic E-state index is 9.24. The van der Waals surface area contributed by atoms with Crippen LogP contribution in [0.5, 0.6) is 5.88 Å². The SMILES string of the molecule is CB(O)N1CC(Oc2ccc(Br)cn2)C1. The fourth-order valence-electron chi connectivity index (χ4n) is 1.45. The molecule has 0 amide bonds. The minimum absolute atomic E-state index is 0.147. The average Bonchev–Trinajstić information content (AvgIpc) is 2.13. The molecule has 1 aliphatic rings. The van der Waals surface area contributed by atoms with Crippen LogP contribution in [0.4, 0.5) is 0 Å². The summed E-state index contributed by atoms with van der Waals surface area (Å²) < 4.78 is 6.54. The molecule has 4 nitrogen and oxygen atoms in total. The Balaban J connectivity index is 1.82. The molecule has 6 heteroatoms. The van der Waals surface area contributed by atoms with Gasteiger partial charge in [-0.15, -0.1) is 0 Å². The van der Waals surface area contributed by atoms with E-state index in [1.54, 1.807) is 13.0 Å². The molecule has 0 aliphatic carbocycles. The fraction of sp³-hybridized carbons (Fsp3) is 0.444. The molecule has 1 saturated heterocycles. The van der Waals surface area contributed by atoms with E-state index in [4.69, 9.17) is 4.74 Å². The van der Waals surface area contributed by atoms with Gasteiger partial charge in [-0.25, -0.2) is 4.98 Å². The van der Waals surface area contributed by atoms with Gasteiger partial charge in [-0.3, -0.25) is 0 Å². The maximum atomic E-state index is 9.24. The van der Waals surface area contributed by atoms with Gasteiger partial charge in [0.05, 0.1) is 0 Å². The Morgan fingerprint density at radius 2 is 2.33 bits per heavy atom. The summed E-state index contributed by atoms with van der Waals surface area (Å²) in [6.45, 7) is 3.28. The highest BCUT2D eigenvalue weighted by Gasteiger charge is 2.33. The van der Waals surface area contributed by atoms with Crippen molar-refractivity contribution in [3.05, 3.63) is 22.8 Å². The number of hydrogen-bond acceptors (Lipinski definition) is 4. The van der Waals surface area contributed by atoms with E-state index in [0.717, 1.165) is 17.6 Å². The first-order valence-electron chi connectivity index (χ1n) is 4.85. The Morgan fingerprint density at radius 3 is 2.87 bits per heavy atom. The third kappa shape index (κ3) is 2.71. The van der Waals surface area contributed by atoms with Crippen LogP contribution in [0.3, 0.4) is 0 Å². The molecule has 0 spiro atoms. The monoisotopic (exact) mass is 270 g/mol. The third-order valence-corrected chi connectivity index (χ3v) is 2.86. The van der Waals surface area contributed by atoms with Crippen molar-refractivity contribution >= 4 is 23.0 Å². The lowest BCUT2D eigenvalue weighted by Gasteiger charge is -2.39. The summed E-state index contributed by atoms with van der Waals surface area (Å²) >= 11 is 3.31. The maximum Gasteiger partial charge on any atom is 0.376 e. The predicted molar refractivity (Wildman–Crippen MR) is 61.8 cm³/mol. The summed E-state index contributed by atoms with van der Waals surface area (Å²) in [6, 6.07) is 3.72. The molecule has 1 N–H and O–H groups in total. The molecule has 0 radical (unpaired) electrons. The Morgan fingerprint density at radius 1 is 1.60 bits per heavy atom. The molecule has 1 fully saturated rings. The number of halogens is 1. The van der Waals surface area contributed by atoms with Gasteiger partial charge < -0.3 is 14.6 Å². The first-order valence-corrected chi connectivity index (χ1v) is 5.65. The zero-order chi connectivity index (χ0) is 10.8. The first kappa shape index (κ1) is 10.9. The van der Waals surface area contributed by atoms with Crippen molar-refractivity contribution in [2.75, 3.05) is 13.1 Å². The van der Waals surface area contributed by atoms with Crippen LogP contribution in [-0.2, 0) is 0 Å².